The van der Waals surface area contributed by atoms with E-state index in [-0.39, 0.29) is 30.7 Å². The Kier molecular flexibility index (Phi) is 6.90. The molecule has 0 spiro atoms. The molecule has 0 aliphatic heterocycles. The predicted octanol–water partition coefficient (Wildman–Crippen LogP) is 1.73. The van der Waals surface area contributed by atoms with Crippen molar-refractivity contribution in [3.63, 3.8) is 0 Å². The summed E-state index contributed by atoms with van der Waals surface area (Å²) in [7, 11) is 0. The molecule has 0 saturated carbocycles. The molecule has 0 amide bonds. The van der Waals surface area contributed by atoms with E-state index >= 15 is 0 Å². The minimum atomic E-state index is -2.53. The van der Waals surface area contributed by atoms with Gasteiger partial charge in [0.1, 0.15) is 17.6 Å². The third kappa shape index (κ3) is 5.63. The molecule has 0 fully saturated rings. The molecule has 108 valence electrons. The van der Waals surface area contributed by atoms with Crippen LogP contribution in [-0.2, 0) is 11.3 Å². The van der Waals surface area contributed by atoms with E-state index in [1.54, 1.807) is 0 Å². The fraction of sp³-hybridized carbons (Fsp3) is 0.636. The van der Waals surface area contributed by atoms with Gasteiger partial charge in [-0.15, -0.1) is 0 Å². The Hall–Kier alpha value is -1.05. The maximum absolute atomic E-state index is 12.5. The highest BCUT2D eigenvalue weighted by Gasteiger charge is 2.15. The van der Waals surface area contributed by atoms with E-state index in [0.717, 1.165) is 0 Å². The van der Waals surface area contributed by atoms with Crippen molar-refractivity contribution in [3.8, 4) is 0 Å². The molecule has 0 unspecified atom stereocenters. The van der Waals surface area contributed by atoms with Crippen molar-refractivity contribution in [2.75, 3.05) is 31.2 Å². The molecule has 0 aromatic carbocycles. The number of rotatable bonds is 8. The van der Waals surface area contributed by atoms with Gasteiger partial charge in [0.2, 0.25) is 0 Å². The molecular formula is C11H16ClF2N3O2. The van der Waals surface area contributed by atoms with Crippen LogP contribution in [0.5, 0.6) is 0 Å². The zero-order valence-corrected chi connectivity index (χ0v) is 11.3. The Morgan fingerprint density at radius 2 is 2.21 bits per heavy atom. The lowest BCUT2D eigenvalue weighted by Gasteiger charge is -2.22. The van der Waals surface area contributed by atoms with Crippen LogP contribution >= 0.6 is 11.6 Å². The van der Waals surface area contributed by atoms with Crippen LogP contribution in [0.4, 0.5) is 14.6 Å². The van der Waals surface area contributed by atoms with Crippen LogP contribution in [0.15, 0.2) is 6.07 Å². The van der Waals surface area contributed by atoms with Crippen molar-refractivity contribution >= 4 is 17.4 Å². The van der Waals surface area contributed by atoms with Gasteiger partial charge in [0.15, 0.2) is 5.82 Å². The summed E-state index contributed by atoms with van der Waals surface area (Å²) < 4.78 is 30.1. The van der Waals surface area contributed by atoms with Gasteiger partial charge in [-0.1, -0.05) is 11.6 Å². The Bertz CT molecular complexity index is 396. The number of halogens is 3. The van der Waals surface area contributed by atoms with E-state index in [4.69, 9.17) is 21.4 Å². The summed E-state index contributed by atoms with van der Waals surface area (Å²) in [6.45, 7) is 1.73. The van der Waals surface area contributed by atoms with Gasteiger partial charge in [-0.25, -0.2) is 18.7 Å². The number of nitrogens with zero attached hydrogens (tertiary/aromatic N) is 3. The van der Waals surface area contributed by atoms with Gasteiger partial charge < -0.3 is 14.7 Å². The van der Waals surface area contributed by atoms with Gasteiger partial charge >= 0.3 is 0 Å². The van der Waals surface area contributed by atoms with Crippen LogP contribution in [0.2, 0.25) is 5.15 Å². The molecule has 1 heterocycles. The molecule has 0 atom stereocenters. The van der Waals surface area contributed by atoms with E-state index < -0.39 is 13.0 Å². The van der Waals surface area contributed by atoms with Crippen LogP contribution in [0.25, 0.3) is 0 Å². The standard InChI is InChI=1S/C11H16ClF2N3O2/c1-2-19-7-10-15-8(12)5-11(16-10)17(3-4-18)6-9(13)14/h5,9,18H,2-4,6-7H2,1H3. The van der Waals surface area contributed by atoms with Crippen molar-refractivity contribution in [2.45, 2.75) is 20.0 Å². The van der Waals surface area contributed by atoms with Crippen molar-refractivity contribution in [3.05, 3.63) is 17.0 Å². The third-order valence-electron chi connectivity index (χ3n) is 2.22. The zero-order chi connectivity index (χ0) is 14.3. The molecule has 5 nitrogen and oxygen atoms in total. The Balaban J connectivity index is 2.90. The van der Waals surface area contributed by atoms with Crippen LogP contribution in [0.3, 0.4) is 0 Å². The quantitative estimate of drug-likeness (QED) is 0.740. The van der Waals surface area contributed by atoms with Gasteiger partial charge in [-0.05, 0) is 6.92 Å². The smallest absolute Gasteiger partial charge is 0.255 e. The van der Waals surface area contributed by atoms with Crippen LogP contribution in [0, 0.1) is 0 Å². The molecule has 0 radical (unpaired) electrons. The first-order valence-corrected chi connectivity index (χ1v) is 6.19. The SMILES string of the molecule is CCOCc1nc(Cl)cc(N(CCO)CC(F)F)n1. The number of aliphatic hydroxyl groups is 1. The molecule has 1 N–H and O–H groups in total. The molecule has 0 bridgehead atoms. The topological polar surface area (TPSA) is 58.5 Å². The average molecular weight is 296 g/mol. The normalized spacial score (nSPS) is 11.1. The lowest BCUT2D eigenvalue weighted by atomic mass is 10.4. The van der Waals surface area contributed by atoms with Crippen LogP contribution in [0.1, 0.15) is 12.7 Å². The highest BCUT2D eigenvalue weighted by molar-refractivity contribution is 6.29. The summed E-state index contributed by atoms with van der Waals surface area (Å²) in [6, 6.07) is 1.38. The highest BCUT2D eigenvalue weighted by Crippen LogP contribution is 2.17. The molecule has 8 heteroatoms. The number of alkyl halides is 2. The first-order chi connectivity index (χ1) is 9.06. The number of hydrogen-bond donors (Lipinski definition) is 1. The summed E-state index contributed by atoms with van der Waals surface area (Å²) >= 11 is 5.83. The summed E-state index contributed by atoms with van der Waals surface area (Å²) in [4.78, 5) is 9.31. The van der Waals surface area contributed by atoms with Gasteiger partial charge in [-0.3, -0.25) is 0 Å². The van der Waals surface area contributed by atoms with E-state index in [2.05, 4.69) is 9.97 Å². The lowest BCUT2D eigenvalue weighted by molar-refractivity contribution is 0.128. The van der Waals surface area contributed by atoms with E-state index in [9.17, 15) is 8.78 Å². The summed E-state index contributed by atoms with van der Waals surface area (Å²) in [6.07, 6.45) is -2.53. The van der Waals surface area contributed by atoms with E-state index in [1.165, 1.54) is 11.0 Å². The van der Waals surface area contributed by atoms with E-state index in [0.29, 0.717) is 12.4 Å². The fourth-order valence-electron chi connectivity index (χ4n) is 1.46. The summed E-state index contributed by atoms with van der Waals surface area (Å²) in [5.41, 5.74) is 0. The number of aliphatic hydroxyl groups excluding tert-OH is 1. The second-order valence-electron chi connectivity index (χ2n) is 3.66. The summed E-state index contributed by atoms with van der Waals surface area (Å²) in [5.74, 6) is 0.575. The molecule has 19 heavy (non-hydrogen) atoms. The van der Waals surface area contributed by atoms with Crippen molar-refractivity contribution in [2.24, 2.45) is 0 Å². The number of anilines is 1. The van der Waals surface area contributed by atoms with Crippen molar-refractivity contribution < 1.29 is 18.6 Å². The Morgan fingerprint density at radius 3 is 2.79 bits per heavy atom. The minimum Gasteiger partial charge on any atom is -0.395 e. The first kappa shape index (κ1) is 16.0. The van der Waals surface area contributed by atoms with Gasteiger partial charge in [0.05, 0.1) is 13.2 Å². The maximum atomic E-state index is 12.5. The third-order valence-corrected chi connectivity index (χ3v) is 2.41. The summed E-state index contributed by atoms with van der Waals surface area (Å²) in [5, 5.41) is 9.05. The van der Waals surface area contributed by atoms with Gasteiger partial charge in [0, 0.05) is 19.2 Å². The second-order valence-corrected chi connectivity index (χ2v) is 4.05. The van der Waals surface area contributed by atoms with Gasteiger partial charge in [-0.2, -0.15) is 0 Å². The zero-order valence-electron chi connectivity index (χ0n) is 10.5. The largest absolute Gasteiger partial charge is 0.395 e. The molecule has 0 aliphatic rings. The minimum absolute atomic E-state index is 0.0474. The number of aromatic nitrogens is 2. The van der Waals surface area contributed by atoms with Crippen molar-refractivity contribution in [1.82, 2.24) is 9.97 Å². The maximum Gasteiger partial charge on any atom is 0.255 e. The average Bonchev–Trinajstić information content (AvgIpc) is 2.34. The first-order valence-electron chi connectivity index (χ1n) is 5.82. The predicted molar refractivity (Wildman–Crippen MR) is 67.7 cm³/mol. The fourth-order valence-corrected chi connectivity index (χ4v) is 1.65. The van der Waals surface area contributed by atoms with Crippen LogP contribution in [-0.4, -0.2) is 47.8 Å². The molecule has 1 rings (SSSR count). The second kappa shape index (κ2) is 8.19. The molecule has 0 aliphatic carbocycles. The Labute approximate surface area is 115 Å². The van der Waals surface area contributed by atoms with Crippen molar-refractivity contribution in [1.29, 1.82) is 0 Å². The van der Waals surface area contributed by atoms with E-state index in [1.807, 2.05) is 6.92 Å². The highest BCUT2D eigenvalue weighted by atomic mass is 35.5. The molecule has 1 aromatic heterocycles. The monoisotopic (exact) mass is 295 g/mol. The number of ether oxygens (including phenoxy) is 1. The lowest BCUT2D eigenvalue weighted by Crippen LogP contribution is -2.32. The number of hydrogen-bond acceptors (Lipinski definition) is 5. The molecule has 1 aromatic rings. The Morgan fingerprint density at radius 1 is 1.47 bits per heavy atom. The molecule has 0 saturated heterocycles. The van der Waals surface area contributed by atoms with Gasteiger partial charge in [0.25, 0.3) is 6.43 Å². The van der Waals surface area contributed by atoms with Crippen LogP contribution < -0.4 is 4.90 Å². The molecular weight excluding hydrogens is 280 g/mol.